The molecule has 7 heteroatoms. The third kappa shape index (κ3) is 3.24. The number of hydrogen-bond acceptors (Lipinski definition) is 4. The standard InChI is InChI=1S/C14H22N6O/c1-6-20-8-12(7-15-20)16-10(3)14(21)17-13-9(2)18-19(5)11(13)4/h7-8,10,16H,6H2,1-5H3,(H,17,21)/t10-/m0/s1. The summed E-state index contributed by atoms with van der Waals surface area (Å²) in [4.78, 5) is 12.3. The van der Waals surface area contributed by atoms with E-state index in [0.29, 0.717) is 0 Å². The maximum Gasteiger partial charge on any atom is 0.246 e. The third-order valence-electron chi connectivity index (χ3n) is 3.49. The molecule has 0 unspecified atom stereocenters. The fourth-order valence-electron chi connectivity index (χ4n) is 2.11. The first-order valence-electron chi connectivity index (χ1n) is 7.02. The third-order valence-corrected chi connectivity index (χ3v) is 3.49. The van der Waals surface area contributed by atoms with Crippen molar-refractivity contribution < 1.29 is 4.79 Å². The van der Waals surface area contributed by atoms with E-state index in [1.165, 1.54) is 0 Å². The molecule has 0 saturated heterocycles. The molecule has 0 bridgehead atoms. The lowest BCUT2D eigenvalue weighted by molar-refractivity contribution is -0.116. The molecule has 2 aromatic heterocycles. The van der Waals surface area contributed by atoms with Crippen molar-refractivity contribution in [1.82, 2.24) is 19.6 Å². The summed E-state index contributed by atoms with van der Waals surface area (Å²) in [6.45, 7) is 8.45. The predicted octanol–water partition coefficient (Wildman–Crippen LogP) is 1.69. The van der Waals surface area contributed by atoms with Gasteiger partial charge in [0.2, 0.25) is 5.91 Å². The fourth-order valence-corrected chi connectivity index (χ4v) is 2.11. The number of nitrogens with one attached hydrogen (secondary N) is 2. The average molecular weight is 290 g/mol. The van der Waals surface area contributed by atoms with Crippen LogP contribution in [0.25, 0.3) is 0 Å². The molecule has 0 spiro atoms. The van der Waals surface area contributed by atoms with Crippen molar-refractivity contribution in [2.45, 2.75) is 40.3 Å². The molecule has 2 rings (SSSR count). The average Bonchev–Trinajstić information content (AvgIpc) is 2.99. The van der Waals surface area contributed by atoms with Crippen molar-refractivity contribution in [2.75, 3.05) is 10.6 Å². The largest absolute Gasteiger partial charge is 0.371 e. The van der Waals surface area contributed by atoms with Gasteiger partial charge in [0.1, 0.15) is 6.04 Å². The van der Waals surface area contributed by atoms with Crippen LogP contribution in [0, 0.1) is 13.8 Å². The van der Waals surface area contributed by atoms with E-state index >= 15 is 0 Å². The van der Waals surface area contributed by atoms with Crippen LogP contribution in [0.2, 0.25) is 0 Å². The molecular formula is C14H22N6O. The molecule has 0 fully saturated rings. The van der Waals surface area contributed by atoms with E-state index < -0.39 is 0 Å². The summed E-state index contributed by atoms with van der Waals surface area (Å²) in [5.74, 6) is -0.0987. The highest BCUT2D eigenvalue weighted by Gasteiger charge is 2.17. The number of rotatable bonds is 5. The Hall–Kier alpha value is -2.31. The van der Waals surface area contributed by atoms with Crippen LogP contribution in [0.3, 0.4) is 0 Å². The van der Waals surface area contributed by atoms with Crippen molar-refractivity contribution in [1.29, 1.82) is 0 Å². The minimum atomic E-state index is -0.362. The number of aromatic nitrogens is 4. The lowest BCUT2D eigenvalue weighted by atomic mass is 10.2. The second-order valence-electron chi connectivity index (χ2n) is 5.11. The molecule has 2 N–H and O–H groups in total. The summed E-state index contributed by atoms with van der Waals surface area (Å²) in [5, 5.41) is 14.5. The second kappa shape index (κ2) is 5.99. The zero-order valence-electron chi connectivity index (χ0n) is 13.1. The molecule has 2 aromatic rings. The number of nitrogens with zero attached hydrogens (tertiary/aromatic N) is 4. The smallest absolute Gasteiger partial charge is 0.246 e. The van der Waals surface area contributed by atoms with Crippen LogP contribution in [-0.4, -0.2) is 31.5 Å². The van der Waals surface area contributed by atoms with Crippen molar-refractivity contribution in [2.24, 2.45) is 7.05 Å². The number of carbonyl (C=O) groups is 1. The van der Waals surface area contributed by atoms with Gasteiger partial charge in [-0.2, -0.15) is 10.2 Å². The van der Waals surface area contributed by atoms with Crippen LogP contribution < -0.4 is 10.6 Å². The summed E-state index contributed by atoms with van der Waals surface area (Å²) < 4.78 is 3.57. The van der Waals surface area contributed by atoms with Crippen LogP contribution in [0.5, 0.6) is 0 Å². The molecule has 7 nitrogen and oxygen atoms in total. The molecule has 2 heterocycles. The van der Waals surface area contributed by atoms with Crippen LogP contribution in [-0.2, 0) is 18.4 Å². The minimum absolute atomic E-state index is 0.0987. The van der Waals surface area contributed by atoms with Crippen LogP contribution >= 0.6 is 0 Å². The Labute approximate surface area is 124 Å². The highest BCUT2D eigenvalue weighted by molar-refractivity contribution is 5.97. The van der Waals surface area contributed by atoms with Gasteiger partial charge >= 0.3 is 0 Å². The van der Waals surface area contributed by atoms with Crippen molar-refractivity contribution in [3.63, 3.8) is 0 Å². The number of aryl methyl sites for hydroxylation is 3. The van der Waals surface area contributed by atoms with Gasteiger partial charge in [-0.1, -0.05) is 0 Å². The molecule has 0 aliphatic rings. The monoisotopic (exact) mass is 290 g/mol. The highest BCUT2D eigenvalue weighted by atomic mass is 16.2. The SMILES string of the molecule is CCn1cc(N[C@@H](C)C(=O)Nc2c(C)nn(C)c2C)cn1. The Morgan fingerprint density at radius 2 is 2.14 bits per heavy atom. The van der Waals surface area contributed by atoms with Gasteiger partial charge in [0.25, 0.3) is 0 Å². The lowest BCUT2D eigenvalue weighted by Gasteiger charge is -2.14. The van der Waals surface area contributed by atoms with Crippen LogP contribution in [0.15, 0.2) is 12.4 Å². The first kappa shape index (κ1) is 15.1. The van der Waals surface area contributed by atoms with E-state index in [9.17, 15) is 4.79 Å². The molecule has 21 heavy (non-hydrogen) atoms. The molecule has 0 radical (unpaired) electrons. The first-order chi connectivity index (χ1) is 9.92. The van der Waals surface area contributed by atoms with E-state index in [4.69, 9.17) is 0 Å². The molecular weight excluding hydrogens is 268 g/mol. The summed E-state index contributed by atoms with van der Waals surface area (Å²) >= 11 is 0. The van der Waals surface area contributed by atoms with Crippen molar-refractivity contribution in [3.8, 4) is 0 Å². The number of carbonyl (C=O) groups excluding carboxylic acids is 1. The first-order valence-corrected chi connectivity index (χ1v) is 7.02. The van der Waals surface area contributed by atoms with E-state index in [1.807, 2.05) is 45.6 Å². The summed E-state index contributed by atoms with van der Waals surface area (Å²) in [6, 6.07) is -0.362. The van der Waals surface area contributed by atoms with Gasteiger partial charge in [-0.05, 0) is 27.7 Å². The normalized spacial score (nSPS) is 12.2. The quantitative estimate of drug-likeness (QED) is 0.878. The summed E-state index contributed by atoms with van der Waals surface area (Å²) in [6.07, 6.45) is 3.60. The molecule has 114 valence electrons. The zero-order valence-corrected chi connectivity index (χ0v) is 13.1. The number of hydrogen-bond donors (Lipinski definition) is 2. The molecule has 0 aromatic carbocycles. The zero-order chi connectivity index (χ0) is 15.6. The number of anilines is 2. The van der Waals surface area contributed by atoms with Gasteiger partial charge in [-0.3, -0.25) is 14.2 Å². The van der Waals surface area contributed by atoms with E-state index in [1.54, 1.807) is 10.9 Å². The van der Waals surface area contributed by atoms with Crippen LogP contribution in [0.4, 0.5) is 11.4 Å². The fraction of sp³-hybridized carbons (Fsp3) is 0.500. The van der Waals surface area contributed by atoms with E-state index in [-0.39, 0.29) is 11.9 Å². The molecule has 1 amide bonds. The Balaban J connectivity index is 2.02. The van der Waals surface area contributed by atoms with Gasteiger partial charge in [0, 0.05) is 19.8 Å². The Bertz CT molecular complexity index is 642. The number of amides is 1. The maximum absolute atomic E-state index is 12.3. The maximum atomic E-state index is 12.3. The van der Waals surface area contributed by atoms with Gasteiger partial charge in [-0.15, -0.1) is 0 Å². The second-order valence-corrected chi connectivity index (χ2v) is 5.11. The Kier molecular flexibility index (Phi) is 4.30. The Morgan fingerprint density at radius 3 is 2.67 bits per heavy atom. The van der Waals surface area contributed by atoms with Gasteiger partial charge in [-0.25, -0.2) is 0 Å². The van der Waals surface area contributed by atoms with Gasteiger partial charge < -0.3 is 10.6 Å². The lowest BCUT2D eigenvalue weighted by Crippen LogP contribution is -2.32. The van der Waals surface area contributed by atoms with Crippen molar-refractivity contribution >= 4 is 17.3 Å². The molecule has 1 atom stereocenters. The topological polar surface area (TPSA) is 76.8 Å². The minimum Gasteiger partial charge on any atom is -0.371 e. The van der Waals surface area contributed by atoms with Gasteiger partial charge in [0.05, 0.1) is 29.0 Å². The predicted molar refractivity (Wildman–Crippen MR) is 82.3 cm³/mol. The van der Waals surface area contributed by atoms with E-state index in [0.717, 1.165) is 29.3 Å². The summed E-state index contributed by atoms with van der Waals surface area (Å²) in [5.41, 5.74) is 3.36. The molecule has 0 aliphatic carbocycles. The van der Waals surface area contributed by atoms with Crippen molar-refractivity contribution in [3.05, 3.63) is 23.8 Å². The molecule has 0 saturated carbocycles. The van der Waals surface area contributed by atoms with Crippen LogP contribution in [0.1, 0.15) is 25.2 Å². The highest BCUT2D eigenvalue weighted by Crippen LogP contribution is 2.18. The van der Waals surface area contributed by atoms with E-state index in [2.05, 4.69) is 20.8 Å². The molecule has 0 aliphatic heterocycles. The van der Waals surface area contributed by atoms with Gasteiger partial charge in [0.15, 0.2) is 0 Å². The Morgan fingerprint density at radius 1 is 1.43 bits per heavy atom. The summed E-state index contributed by atoms with van der Waals surface area (Å²) in [7, 11) is 1.86.